The van der Waals surface area contributed by atoms with E-state index in [1.807, 2.05) is 19.9 Å². The second kappa shape index (κ2) is 7.75. The van der Waals surface area contributed by atoms with Crippen molar-refractivity contribution in [1.29, 1.82) is 0 Å². The molecule has 2 N–H and O–H groups in total. The van der Waals surface area contributed by atoms with Crippen LogP contribution in [0.25, 0.3) is 0 Å². The topological polar surface area (TPSA) is 35.2 Å². The van der Waals surface area contributed by atoms with Crippen LogP contribution in [0.3, 0.4) is 0 Å². The van der Waals surface area contributed by atoms with E-state index in [4.69, 9.17) is 22.1 Å². The molecular weight excluding hydrogens is 320 g/mol. The Balaban J connectivity index is 2.20. The lowest BCUT2D eigenvalue weighted by Crippen LogP contribution is -2.16. The number of benzene rings is 2. The maximum absolute atomic E-state index is 13.9. The highest BCUT2D eigenvalue weighted by molar-refractivity contribution is 6.32. The molecule has 0 fully saturated rings. The van der Waals surface area contributed by atoms with Crippen molar-refractivity contribution in [2.45, 2.75) is 32.3 Å². The quantitative estimate of drug-likeness (QED) is 0.828. The van der Waals surface area contributed by atoms with Crippen LogP contribution in [0.5, 0.6) is 5.75 Å². The van der Waals surface area contributed by atoms with Gasteiger partial charge >= 0.3 is 0 Å². The summed E-state index contributed by atoms with van der Waals surface area (Å²) in [7, 11) is 0. The molecule has 2 aromatic carbocycles. The molecule has 2 aromatic rings. The van der Waals surface area contributed by atoms with Gasteiger partial charge in [0.2, 0.25) is 0 Å². The van der Waals surface area contributed by atoms with Crippen molar-refractivity contribution in [2.75, 3.05) is 6.54 Å². The fourth-order valence-corrected chi connectivity index (χ4v) is 2.71. The summed E-state index contributed by atoms with van der Waals surface area (Å²) < 4.78 is 32.6. The Kier molecular flexibility index (Phi) is 5.97. The largest absolute Gasteiger partial charge is 0.489 e. The number of ether oxygens (including phenoxy) is 1. The summed E-state index contributed by atoms with van der Waals surface area (Å²) in [5.74, 6) is -0.808. The molecular formula is C18H20ClF2NO. The van der Waals surface area contributed by atoms with Crippen LogP contribution in [-0.2, 0) is 6.42 Å². The maximum Gasteiger partial charge on any atom is 0.138 e. The molecule has 124 valence electrons. The zero-order valence-corrected chi connectivity index (χ0v) is 13.9. The SMILES string of the molecule is CC(C)Oc1ccc(CC(CN)c2ccc(F)cc2F)cc1Cl. The third kappa shape index (κ3) is 4.66. The molecule has 0 amide bonds. The Morgan fingerprint density at radius 1 is 1.13 bits per heavy atom. The monoisotopic (exact) mass is 339 g/mol. The minimum Gasteiger partial charge on any atom is -0.489 e. The first-order chi connectivity index (χ1) is 10.9. The predicted molar refractivity (Wildman–Crippen MR) is 89.1 cm³/mol. The van der Waals surface area contributed by atoms with Crippen LogP contribution in [0.1, 0.15) is 30.9 Å². The average Bonchev–Trinajstić information content (AvgIpc) is 2.48. The number of hydrogen-bond acceptors (Lipinski definition) is 2. The van der Waals surface area contributed by atoms with Gasteiger partial charge in [-0.15, -0.1) is 0 Å². The van der Waals surface area contributed by atoms with Crippen LogP contribution < -0.4 is 10.5 Å². The molecule has 2 rings (SSSR count). The molecule has 1 atom stereocenters. The van der Waals surface area contributed by atoms with Gasteiger partial charge in [-0.05, 0) is 56.1 Å². The first-order valence-electron chi connectivity index (χ1n) is 7.50. The Hall–Kier alpha value is -1.65. The lowest BCUT2D eigenvalue weighted by atomic mass is 9.91. The molecule has 0 spiro atoms. The number of nitrogens with two attached hydrogens (primary N) is 1. The molecule has 0 aliphatic heterocycles. The fourth-order valence-electron chi connectivity index (χ4n) is 2.46. The second-order valence-electron chi connectivity index (χ2n) is 5.73. The van der Waals surface area contributed by atoms with Crippen molar-refractivity contribution < 1.29 is 13.5 Å². The van der Waals surface area contributed by atoms with Gasteiger partial charge in [0, 0.05) is 12.0 Å². The van der Waals surface area contributed by atoms with Crippen LogP contribution in [0.15, 0.2) is 36.4 Å². The third-order valence-electron chi connectivity index (χ3n) is 3.53. The van der Waals surface area contributed by atoms with E-state index in [0.29, 0.717) is 22.8 Å². The lowest BCUT2D eigenvalue weighted by molar-refractivity contribution is 0.242. The Labute approximate surface area is 140 Å². The van der Waals surface area contributed by atoms with E-state index >= 15 is 0 Å². The summed E-state index contributed by atoms with van der Waals surface area (Å²) in [5, 5.41) is 0.506. The van der Waals surface area contributed by atoms with E-state index < -0.39 is 11.6 Å². The summed E-state index contributed by atoms with van der Waals surface area (Å²) in [5.41, 5.74) is 7.11. The van der Waals surface area contributed by atoms with Gasteiger partial charge in [0.05, 0.1) is 11.1 Å². The van der Waals surface area contributed by atoms with Gasteiger partial charge < -0.3 is 10.5 Å². The van der Waals surface area contributed by atoms with Gasteiger partial charge in [0.25, 0.3) is 0 Å². The molecule has 0 bridgehead atoms. The van der Waals surface area contributed by atoms with E-state index in [9.17, 15) is 8.78 Å². The van der Waals surface area contributed by atoms with Crippen molar-refractivity contribution in [3.63, 3.8) is 0 Å². The predicted octanol–water partition coefficient (Wildman–Crippen LogP) is 4.69. The van der Waals surface area contributed by atoms with Crippen LogP contribution in [0.4, 0.5) is 8.78 Å². The molecule has 0 aliphatic rings. The Morgan fingerprint density at radius 2 is 1.87 bits per heavy atom. The highest BCUT2D eigenvalue weighted by Crippen LogP contribution is 2.29. The van der Waals surface area contributed by atoms with Crippen LogP contribution in [0, 0.1) is 11.6 Å². The van der Waals surface area contributed by atoms with Crippen molar-refractivity contribution in [2.24, 2.45) is 5.73 Å². The van der Waals surface area contributed by atoms with E-state index in [1.165, 1.54) is 12.1 Å². The van der Waals surface area contributed by atoms with Gasteiger partial charge in [-0.25, -0.2) is 8.78 Å². The smallest absolute Gasteiger partial charge is 0.138 e. The van der Waals surface area contributed by atoms with Crippen molar-refractivity contribution in [3.05, 3.63) is 64.2 Å². The first kappa shape index (κ1) is 17.7. The molecule has 0 saturated carbocycles. The highest BCUT2D eigenvalue weighted by atomic mass is 35.5. The number of halogens is 3. The van der Waals surface area contributed by atoms with E-state index in [-0.39, 0.29) is 18.6 Å². The number of hydrogen-bond donors (Lipinski definition) is 1. The fraction of sp³-hybridized carbons (Fsp3) is 0.333. The van der Waals surface area contributed by atoms with E-state index in [2.05, 4.69) is 0 Å². The highest BCUT2D eigenvalue weighted by Gasteiger charge is 2.16. The zero-order valence-electron chi connectivity index (χ0n) is 13.2. The minimum atomic E-state index is -0.597. The van der Waals surface area contributed by atoms with Crippen LogP contribution >= 0.6 is 11.6 Å². The summed E-state index contributed by atoms with van der Waals surface area (Å²) in [6, 6.07) is 9.04. The molecule has 0 radical (unpaired) electrons. The van der Waals surface area contributed by atoms with Crippen LogP contribution in [0.2, 0.25) is 5.02 Å². The first-order valence-corrected chi connectivity index (χ1v) is 7.88. The molecule has 2 nitrogen and oxygen atoms in total. The van der Waals surface area contributed by atoms with Crippen LogP contribution in [-0.4, -0.2) is 12.6 Å². The molecule has 23 heavy (non-hydrogen) atoms. The van der Waals surface area contributed by atoms with E-state index in [0.717, 1.165) is 11.6 Å². The second-order valence-corrected chi connectivity index (χ2v) is 6.14. The number of rotatable bonds is 6. The van der Waals surface area contributed by atoms with Gasteiger partial charge in [-0.3, -0.25) is 0 Å². The molecule has 1 unspecified atom stereocenters. The molecule has 0 saturated heterocycles. The maximum atomic E-state index is 13.9. The van der Waals surface area contributed by atoms with Gasteiger partial charge in [0.15, 0.2) is 0 Å². The van der Waals surface area contributed by atoms with E-state index in [1.54, 1.807) is 12.1 Å². The summed E-state index contributed by atoms with van der Waals surface area (Å²) >= 11 is 6.22. The van der Waals surface area contributed by atoms with Crippen molar-refractivity contribution >= 4 is 11.6 Å². The summed E-state index contributed by atoms with van der Waals surface area (Å²) in [6.07, 6.45) is 0.546. The zero-order chi connectivity index (χ0) is 17.0. The van der Waals surface area contributed by atoms with Crippen molar-refractivity contribution in [1.82, 2.24) is 0 Å². The third-order valence-corrected chi connectivity index (χ3v) is 3.82. The lowest BCUT2D eigenvalue weighted by Gasteiger charge is -2.17. The molecule has 5 heteroatoms. The average molecular weight is 340 g/mol. The standard InChI is InChI=1S/C18H20ClF2NO/c1-11(2)23-18-6-3-12(8-16(18)19)7-13(10-22)15-5-4-14(20)9-17(15)21/h3-6,8-9,11,13H,7,10,22H2,1-2H3. The molecule has 0 aliphatic carbocycles. The summed E-state index contributed by atoms with van der Waals surface area (Å²) in [6.45, 7) is 4.10. The van der Waals surface area contributed by atoms with Gasteiger partial charge in [-0.2, -0.15) is 0 Å². The van der Waals surface area contributed by atoms with Gasteiger partial charge in [0.1, 0.15) is 17.4 Å². The molecule has 0 aromatic heterocycles. The molecule has 0 heterocycles. The Bertz CT molecular complexity index is 676. The summed E-state index contributed by atoms with van der Waals surface area (Å²) in [4.78, 5) is 0. The Morgan fingerprint density at radius 3 is 2.43 bits per heavy atom. The normalized spacial score (nSPS) is 12.5. The van der Waals surface area contributed by atoms with Crippen molar-refractivity contribution in [3.8, 4) is 5.75 Å². The minimum absolute atomic E-state index is 0.0310. The van der Waals surface area contributed by atoms with Gasteiger partial charge in [-0.1, -0.05) is 23.7 Å².